The van der Waals surface area contributed by atoms with E-state index in [9.17, 15) is 8.42 Å². The Labute approximate surface area is 89.8 Å². The Balaban J connectivity index is 2.90. The minimum absolute atomic E-state index is 0.328. The summed E-state index contributed by atoms with van der Waals surface area (Å²) in [6, 6.07) is 0. The first-order valence-corrected chi connectivity index (χ1v) is 6.34. The van der Waals surface area contributed by atoms with Crippen molar-refractivity contribution >= 4 is 10.0 Å². The number of rotatable bonds is 4. The van der Waals surface area contributed by atoms with Gasteiger partial charge in [0, 0.05) is 18.8 Å². The highest BCUT2D eigenvalue weighted by Crippen LogP contribution is 2.11. The fourth-order valence-corrected chi connectivity index (χ4v) is 2.20. The summed E-state index contributed by atoms with van der Waals surface area (Å²) in [6.07, 6.45) is 3.94. The molecular weight excluding hydrogens is 214 g/mol. The van der Waals surface area contributed by atoms with Crippen LogP contribution in [-0.2, 0) is 16.4 Å². The molecule has 0 radical (unpaired) electrons. The van der Waals surface area contributed by atoms with Crippen molar-refractivity contribution in [1.29, 1.82) is 0 Å². The fraction of sp³-hybridized carbons (Fsp3) is 0.556. The highest BCUT2D eigenvalue weighted by molar-refractivity contribution is 7.89. The van der Waals surface area contributed by atoms with E-state index in [4.69, 9.17) is 5.14 Å². The predicted molar refractivity (Wildman–Crippen MR) is 57.7 cm³/mol. The molecular formula is C9H15N3O2S. The number of nitrogens with two attached hydrogens (primary N) is 1. The lowest BCUT2D eigenvalue weighted by atomic mass is 10.1. The van der Waals surface area contributed by atoms with Crippen LogP contribution in [-0.4, -0.2) is 23.6 Å². The first-order valence-electron chi connectivity index (χ1n) is 4.73. The molecule has 0 aromatic carbocycles. The molecule has 1 atom stereocenters. The van der Waals surface area contributed by atoms with Crippen molar-refractivity contribution in [2.75, 3.05) is 0 Å². The van der Waals surface area contributed by atoms with Crippen molar-refractivity contribution in [3.8, 4) is 0 Å². The van der Waals surface area contributed by atoms with E-state index < -0.39 is 15.3 Å². The maximum absolute atomic E-state index is 11.2. The Hall–Kier alpha value is -1.01. The summed E-state index contributed by atoms with van der Waals surface area (Å²) in [5.41, 5.74) is 1.44. The number of hydrogen-bond donors (Lipinski definition) is 1. The average Bonchev–Trinajstić information content (AvgIpc) is 2.14. The summed E-state index contributed by atoms with van der Waals surface area (Å²) in [6.45, 7) is 3.60. The van der Waals surface area contributed by atoms with Gasteiger partial charge in [0.25, 0.3) is 0 Å². The molecule has 0 aliphatic heterocycles. The summed E-state index contributed by atoms with van der Waals surface area (Å²) in [7, 11) is -3.50. The highest BCUT2D eigenvalue weighted by Gasteiger charge is 2.21. The van der Waals surface area contributed by atoms with Gasteiger partial charge in [0.2, 0.25) is 10.0 Å². The van der Waals surface area contributed by atoms with Gasteiger partial charge in [-0.1, -0.05) is 6.92 Å². The van der Waals surface area contributed by atoms with Crippen LogP contribution in [0.25, 0.3) is 0 Å². The molecule has 1 aromatic rings. The summed E-state index contributed by atoms with van der Waals surface area (Å²) in [5.74, 6) is 0. The molecule has 0 saturated heterocycles. The van der Waals surface area contributed by atoms with Crippen molar-refractivity contribution in [3.05, 3.63) is 23.8 Å². The monoisotopic (exact) mass is 229 g/mol. The molecule has 6 heteroatoms. The zero-order valence-electron chi connectivity index (χ0n) is 8.84. The van der Waals surface area contributed by atoms with Crippen molar-refractivity contribution < 1.29 is 8.42 Å². The third kappa shape index (κ3) is 3.24. The van der Waals surface area contributed by atoms with E-state index in [1.807, 2.05) is 0 Å². The topological polar surface area (TPSA) is 85.9 Å². The van der Waals surface area contributed by atoms with Crippen LogP contribution in [0.5, 0.6) is 0 Å². The van der Waals surface area contributed by atoms with Crippen LogP contribution in [0.4, 0.5) is 0 Å². The molecule has 15 heavy (non-hydrogen) atoms. The molecule has 84 valence electrons. The van der Waals surface area contributed by atoms with Gasteiger partial charge in [0.05, 0.1) is 16.6 Å². The molecule has 0 aliphatic rings. The standard InChI is InChI=1S/C9H15N3O2S/c1-3-8(15(10,13)14)6-9-7(2)11-4-5-12-9/h4-5,8H,3,6H2,1-2H3,(H2,10,13,14). The molecule has 1 rings (SSSR count). The molecule has 0 bridgehead atoms. The fourth-order valence-electron chi connectivity index (χ4n) is 1.35. The molecule has 5 nitrogen and oxygen atoms in total. The Morgan fingerprint density at radius 2 is 2.00 bits per heavy atom. The maximum atomic E-state index is 11.2. The van der Waals surface area contributed by atoms with E-state index >= 15 is 0 Å². The SMILES string of the molecule is CCC(Cc1nccnc1C)S(N)(=O)=O. The second-order valence-corrected chi connectivity index (χ2v) is 5.26. The zero-order chi connectivity index (χ0) is 11.5. The first-order chi connectivity index (χ1) is 6.95. The lowest BCUT2D eigenvalue weighted by Crippen LogP contribution is -2.30. The van der Waals surface area contributed by atoms with Gasteiger partial charge in [-0.05, 0) is 13.3 Å². The Morgan fingerprint density at radius 3 is 2.47 bits per heavy atom. The molecule has 1 unspecified atom stereocenters. The predicted octanol–water partition coefficient (Wildman–Crippen LogP) is 0.395. The number of nitrogens with zero attached hydrogens (tertiary/aromatic N) is 2. The molecule has 0 saturated carbocycles. The molecule has 1 heterocycles. The largest absolute Gasteiger partial charge is 0.258 e. The third-order valence-electron chi connectivity index (χ3n) is 2.32. The van der Waals surface area contributed by atoms with Gasteiger partial charge in [0.15, 0.2) is 0 Å². The van der Waals surface area contributed by atoms with Gasteiger partial charge >= 0.3 is 0 Å². The summed E-state index contributed by atoms with van der Waals surface area (Å²) in [4.78, 5) is 8.15. The van der Waals surface area contributed by atoms with Gasteiger partial charge in [-0.15, -0.1) is 0 Å². The van der Waals surface area contributed by atoms with E-state index in [-0.39, 0.29) is 0 Å². The van der Waals surface area contributed by atoms with Crippen LogP contribution in [0, 0.1) is 6.92 Å². The minimum Gasteiger partial charge on any atom is -0.258 e. The molecule has 0 aliphatic carbocycles. The van der Waals surface area contributed by atoms with Gasteiger partial charge in [-0.3, -0.25) is 9.97 Å². The van der Waals surface area contributed by atoms with Crippen LogP contribution < -0.4 is 5.14 Å². The Bertz CT molecular complexity index is 431. The van der Waals surface area contributed by atoms with Gasteiger partial charge in [0.1, 0.15) is 0 Å². The van der Waals surface area contributed by atoms with Gasteiger partial charge in [-0.2, -0.15) is 0 Å². The van der Waals surface area contributed by atoms with E-state index in [2.05, 4.69) is 9.97 Å². The summed E-state index contributed by atoms with van der Waals surface area (Å²) in [5, 5.41) is 4.54. The average molecular weight is 229 g/mol. The molecule has 0 amide bonds. The number of aromatic nitrogens is 2. The normalized spacial score (nSPS) is 13.8. The smallest absolute Gasteiger partial charge is 0.212 e. The first kappa shape index (κ1) is 12.1. The number of hydrogen-bond acceptors (Lipinski definition) is 4. The van der Waals surface area contributed by atoms with E-state index in [1.165, 1.54) is 0 Å². The van der Waals surface area contributed by atoms with E-state index in [0.29, 0.717) is 18.5 Å². The number of sulfonamides is 1. The highest BCUT2D eigenvalue weighted by atomic mass is 32.2. The second-order valence-electron chi connectivity index (χ2n) is 3.41. The van der Waals surface area contributed by atoms with Crippen LogP contribution >= 0.6 is 0 Å². The van der Waals surface area contributed by atoms with Crippen LogP contribution in [0.15, 0.2) is 12.4 Å². The zero-order valence-corrected chi connectivity index (χ0v) is 9.66. The Morgan fingerprint density at radius 1 is 1.40 bits per heavy atom. The second kappa shape index (κ2) is 4.67. The van der Waals surface area contributed by atoms with Crippen LogP contribution in [0.1, 0.15) is 24.7 Å². The lowest BCUT2D eigenvalue weighted by Gasteiger charge is -2.12. The summed E-state index contributed by atoms with van der Waals surface area (Å²) >= 11 is 0. The van der Waals surface area contributed by atoms with Crippen molar-refractivity contribution in [3.63, 3.8) is 0 Å². The molecule has 0 fully saturated rings. The quantitative estimate of drug-likeness (QED) is 0.809. The maximum Gasteiger partial charge on any atom is 0.212 e. The minimum atomic E-state index is -3.50. The van der Waals surface area contributed by atoms with E-state index in [0.717, 1.165) is 5.69 Å². The molecule has 1 aromatic heterocycles. The van der Waals surface area contributed by atoms with Crippen LogP contribution in [0.3, 0.4) is 0 Å². The molecule has 2 N–H and O–H groups in total. The Kier molecular flexibility index (Phi) is 3.76. The van der Waals surface area contributed by atoms with E-state index in [1.54, 1.807) is 26.2 Å². The van der Waals surface area contributed by atoms with Crippen molar-refractivity contribution in [1.82, 2.24) is 9.97 Å². The number of primary sulfonamides is 1. The van der Waals surface area contributed by atoms with Gasteiger partial charge in [-0.25, -0.2) is 13.6 Å². The summed E-state index contributed by atoms with van der Waals surface area (Å²) < 4.78 is 22.4. The third-order valence-corrected chi connectivity index (χ3v) is 3.75. The van der Waals surface area contributed by atoms with Gasteiger partial charge < -0.3 is 0 Å². The van der Waals surface area contributed by atoms with Crippen LogP contribution in [0.2, 0.25) is 0 Å². The lowest BCUT2D eigenvalue weighted by molar-refractivity contribution is 0.574. The van der Waals surface area contributed by atoms with Crippen molar-refractivity contribution in [2.45, 2.75) is 31.9 Å². The van der Waals surface area contributed by atoms with Crippen molar-refractivity contribution in [2.24, 2.45) is 5.14 Å². The number of aryl methyl sites for hydroxylation is 1. The molecule has 0 spiro atoms.